The number of halogens is 1. The Morgan fingerprint density at radius 1 is 0.933 bits per heavy atom. The second-order valence-electron chi connectivity index (χ2n) is 7.38. The molecule has 1 aromatic heterocycles. The van der Waals surface area contributed by atoms with Gasteiger partial charge in [-0.2, -0.15) is 4.68 Å². The van der Waals surface area contributed by atoms with E-state index in [4.69, 9.17) is 11.6 Å². The molecule has 2 aromatic rings. The minimum Gasteiger partial charge on any atom is -0.342 e. The van der Waals surface area contributed by atoms with E-state index in [2.05, 4.69) is 20.4 Å². The van der Waals surface area contributed by atoms with Crippen molar-refractivity contribution in [1.29, 1.82) is 0 Å². The largest absolute Gasteiger partial charge is 0.342 e. The molecule has 0 aliphatic carbocycles. The third kappa shape index (κ3) is 5.11. The molecular formula is C19H24ClN7O2S. The van der Waals surface area contributed by atoms with Gasteiger partial charge in [-0.05, 0) is 47.5 Å². The molecule has 160 valence electrons. The highest BCUT2D eigenvalue weighted by molar-refractivity contribution is 7.99. The third-order valence-electron chi connectivity index (χ3n) is 5.38. The lowest BCUT2D eigenvalue weighted by Crippen LogP contribution is -2.51. The summed E-state index contributed by atoms with van der Waals surface area (Å²) in [5, 5.41) is 12.9. The maximum absolute atomic E-state index is 12.6. The van der Waals surface area contributed by atoms with Gasteiger partial charge in [0.15, 0.2) is 0 Å². The Morgan fingerprint density at radius 2 is 1.60 bits per heavy atom. The standard InChI is InChI=1S/C19H24ClN7O2S/c20-15-3-5-16(6-4-15)27-19(21-22-23-27)30-14-18(29)26-11-9-24(10-12-26)13-17(28)25-7-1-2-8-25/h3-6H,1-2,7-14H2. The fourth-order valence-corrected chi connectivity index (χ4v) is 4.56. The van der Waals surface area contributed by atoms with Gasteiger partial charge in [-0.15, -0.1) is 5.10 Å². The lowest BCUT2D eigenvalue weighted by atomic mass is 10.3. The van der Waals surface area contributed by atoms with Crippen molar-refractivity contribution in [2.24, 2.45) is 0 Å². The number of likely N-dealkylation sites (tertiary alicyclic amines) is 1. The maximum Gasteiger partial charge on any atom is 0.236 e. The van der Waals surface area contributed by atoms with Crippen LogP contribution in [0.25, 0.3) is 5.69 Å². The molecule has 2 amide bonds. The van der Waals surface area contributed by atoms with Gasteiger partial charge < -0.3 is 9.80 Å². The van der Waals surface area contributed by atoms with Gasteiger partial charge in [0.05, 0.1) is 18.0 Å². The summed E-state index contributed by atoms with van der Waals surface area (Å²) < 4.78 is 1.59. The van der Waals surface area contributed by atoms with Crippen LogP contribution in [0, 0.1) is 0 Å². The first-order valence-electron chi connectivity index (χ1n) is 10.1. The van der Waals surface area contributed by atoms with Crippen LogP contribution in [0.4, 0.5) is 0 Å². The van der Waals surface area contributed by atoms with Gasteiger partial charge in [0.1, 0.15) is 0 Å². The number of benzene rings is 1. The van der Waals surface area contributed by atoms with Gasteiger partial charge in [0.25, 0.3) is 0 Å². The minimum absolute atomic E-state index is 0.0520. The molecule has 0 atom stereocenters. The molecule has 2 fully saturated rings. The van der Waals surface area contributed by atoms with Gasteiger partial charge in [-0.3, -0.25) is 14.5 Å². The van der Waals surface area contributed by atoms with E-state index < -0.39 is 0 Å². The molecule has 0 bridgehead atoms. The second-order valence-corrected chi connectivity index (χ2v) is 8.76. The van der Waals surface area contributed by atoms with Crippen LogP contribution < -0.4 is 0 Å². The van der Waals surface area contributed by atoms with Crippen molar-refractivity contribution in [3.05, 3.63) is 29.3 Å². The maximum atomic E-state index is 12.6. The topological polar surface area (TPSA) is 87.5 Å². The van der Waals surface area contributed by atoms with Crippen molar-refractivity contribution in [3.63, 3.8) is 0 Å². The summed E-state index contributed by atoms with van der Waals surface area (Å²) in [7, 11) is 0. The Kier molecular flexibility index (Phi) is 6.86. The van der Waals surface area contributed by atoms with Gasteiger partial charge in [0, 0.05) is 44.3 Å². The quantitative estimate of drug-likeness (QED) is 0.612. The highest BCUT2D eigenvalue weighted by Crippen LogP contribution is 2.20. The molecule has 9 nitrogen and oxygen atoms in total. The molecule has 0 saturated carbocycles. The van der Waals surface area contributed by atoms with Crippen molar-refractivity contribution in [2.75, 3.05) is 51.6 Å². The molecule has 2 aliphatic heterocycles. The molecule has 30 heavy (non-hydrogen) atoms. The van der Waals surface area contributed by atoms with E-state index >= 15 is 0 Å². The second kappa shape index (κ2) is 9.76. The van der Waals surface area contributed by atoms with E-state index in [1.807, 2.05) is 21.9 Å². The first-order chi connectivity index (χ1) is 14.6. The smallest absolute Gasteiger partial charge is 0.236 e. The Hall–Kier alpha value is -2.17. The number of thioether (sulfide) groups is 1. The normalized spacial score (nSPS) is 17.5. The molecule has 1 aromatic carbocycles. The molecule has 0 unspecified atom stereocenters. The summed E-state index contributed by atoms with van der Waals surface area (Å²) in [6.45, 7) is 4.92. The lowest BCUT2D eigenvalue weighted by molar-refractivity contribution is -0.133. The number of amides is 2. The molecule has 0 radical (unpaired) electrons. The van der Waals surface area contributed by atoms with E-state index in [0.29, 0.717) is 29.8 Å². The van der Waals surface area contributed by atoms with Gasteiger partial charge in [0.2, 0.25) is 17.0 Å². The van der Waals surface area contributed by atoms with Crippen molar-refractivity contribution in [1.82, 2.24) is 34.9 Å². The van der Waals surface area contributed by atoms with E-state index in [1.54, 1.807) is 16.8 Å². The van der Waals surface area contributed by atoms with Gasteiger partial charge in [-0.25, -0.2) is 0 Å². The Balaban J connectivity index is 1.24. The van der Waals surface area contributed by atoms with Crippen molar-refractivity contribution < 1.29 is 9.59 Å². The minimum atomic E-state index is 0.0520. The van der Waals surface area contributed by atoms with Gasteiger partial charge >= 0.3 is 0 Å². The van der Waals surface area contributed by atoms with Gasteiger partial charge in [-0.1, -0.05) is 23.4 Å². The Morgan fingerprint density at radius 3 is 2.30 bits per heavy atom. The number of tetrazole rings is 1. The zero-order valence-corrected chi connectivity index (χ0v) is 18.2. The van der Waals surface area contributed by atoms with Crippen LogP contribution in [0.5, 0.6) is 0 Å². The number of piperazine rings is 1. The van der Waals surface area contributed by atoms with Crippen LogP contribution in [-0.2, 0) is 9.59 Å². The van der Waals surface area contributed by atoms with Crippen LogP contribution >= 0.6 is 23.4 Å². The van der Waals surface area contributed by atoms with Crippen molar-refractivity contribution in [2.45, 2.75) is 18.0 Å². The zero-order valence-electron chi connectivity index (χ0n) is 16.6. The average Bonchev–Trinajstić information content (AvgIpc) is 3.45. The first kappa shape index (κ1) is 21.1. The number of rotatable bonds is 6. The molecule has 2 saturated heterocycles. The number of nitrogens with zero attached hydrogens (tertiary/aromatic N) is 7. The number of hydrogen-bond acceptors (Lipinski definition) is 7. The molecular weight excluding hydrogens is 426 g/mol. The highest BCUT2D eigenvalue weighted by atomic mass is 35.5. The number of carbonyl (C=O) groups is 2. The number of carbonyl (C=O) groups excluding carboxylic acids is 2. The van der Waals surface area contributed by atoms with Crippen LogP contribution in [0.3, 0.4) is 0 Å². The van der Waals surface area contributed by atoms with Crippen LogP contribution in [0.15, 0.2) is 29.4 Å². The molecule has 3 heterocycles. The number of hydrogen-bond donors (Lipinski definition) is 0. The third-order valence-corrected chi connectivity index (χ3v) is 6.54. The fourth-order valence-electron chi connectivity index (χ4n) is 3.64. The van der Waals surface area contributed by atoms with Crippen molar-refractivity contribution >= 4 is 35.2 Å². The molecule has 0 N–H and O–H groups in total. The predicted molar refractivity (Wildman–Crippen MR) is 114 cm³/mol. The summed E-state index contributed by atoms with van der Waals surface area (Å²) in [6, 6.07) is 7.19. The summed E-state index contributed by atoms with van der Waals surface area (Å²) in [5.41, 5.74) is 0.788. The molecule has 4 rings (SSSR count). The van der Waals surface area contributed by atoms with Crippen LogP contribution in [0.2, 0.25) is 5.02 Å². The van der Waals surface area contributed by atoms with E-state index in [-0.39, 0.29) is 17.6 Å². The number of aromatic nitrogens is 4. The molecule has 2 aliphatic rings. The van der Waals surface area contributed by atoms with E-state index in [9.17, 15) is 9.59 Å². The first-order valence-corrected chi connectivity index (χ1v) is 11.4. The van der Waals surface area contributed by atoms with Crippen molar-refractivity contribution in [3.8, 4) is 5.69 Å². The molecule has 0 spiro atoms. The SMILES string of the molecule is O=C(CSc1nnnn1-c1ccc(Cl)cc1)N1CCN(CC(=O)N2CCCC2)CC1. The monoisotopic (exact) mass is 449 g/mol. The zero-order chi connectivity index (χ0) is 20.9. The fraction of sp³-hybridized carbons (Fsp3) is 0.526. The lowest BCUT2D eigenvalue weighted by Gasteiger charge is -2.35. The average molecular weight is 450 g/mol. The summed E-state index contributed by atoms with van der Waals surface area (Å²) in [5.74, 6) is 0.522. The summed E-state index contributed by atoms with van der Waals surface area (Å²) in [6.07, 6.45) is 2.21. The predicted octanol–water partition coefficient (Wildman–Crippen LogP) is 1.17. The summed E-state index contributed by atoms with van der Waals surface area (Å²) in [4.78, 5) is 30.9. The van der Waals surface area contributed by atoms with E-state index in [1.165, 1.54) is 11.8 Å². The Labute approximate surface area is 184 Å². The highest BCUT2D eigenvalue weighted by Gasteiger charge is 2.25. The van der Waals surface area contributed by atoms with Crippen LogP contribution in [0.1, 0.15) is 12.8 Å². The van der Waals surface area contributed by atoms with E-state index in [0.717, 1.165) is 44.7 Å². The Bertz CT molecular complexity index is 877. The molecule has 11 heteroatoms. The van der Waals surface area contributed by atoms with Crippen LogP contribution in [-0.4, -0.2) is 98.3 Å². The summed E-state index contributed by atoms with van der Waals surface area (Å²) >= 11 is 7.24.